The Kier molecular flexibility index (Phi) is 7.81. The van der Waals surface area contributed by atoms with Crippen LogP contribution < -0.4 is 14.4 Å². The predicted octanol–water partition coefficient (Wildman–Crippen LogP) is 5.00. The van der Waals surface area contributed by atoms with Gasteiger partial charge in [0.05, 0.1) is 38.2 Å². The second-order valence-electron chi connectivity index (χ2n) is 9.31. The van der Waals surface area contributed by atoms with E-state index in [0.29, 0.717) is 54.8 Å². The summed E-state index contributed by atoms with van der Waals surface area (Å²) in [5.74, 6) is 0.957. The van der Waals surface area contributed by atoms with Crippen molar-refractivity contribution >= 4 is 28.9 Å². The van der Waals surface area contributed by atoms with Crippen molar-refractivity contribution < 1.29 is 18.7 Å². The van der Waals surface area contributed by atoms with Gasteiger partial charge in [-0.05, 0) is 35.9 Å². The highest BCUT2D eigenvalue weighted by Crippen LogP contribution is 2.38. The summed E-state index contributed by atoms with van der Waals surface area (Å²) in [6.07, 6.45) is 0.499. The summed E-state index contributed by atoms with van der Waals surface area (Å²) in [4.78, 5) is 17.8. The van der Waals surface area contributed by atoms with Crippen LogP contribution in [0.5, 0.6) is 11.5 Å². The molecule has 1 atom stereocenters. The first-order valence-corrected chi connectivity index (χ1v) is 12.9. The summed E-state index contributed by atoms with van der Waals surface area (Å²) >= 11 is 6.57. The number of carbonyl (C=O) groups excluding carboxylic acids is 1. The minimum absolute atomic E-state index is 0.114. The van der Waals surface area contributed by atoms with Gasteiger partial charge in [0.1, 0.15) is 17.3 Å². The zero-order valence-corrected chi connectivity index (χ0v) is 22.2. The Balaban J connectivity index is 1.36. The first kappa shape index (κ1) is 26.0. The Bertz CT molecular complexity index is 1340. The maximum atomic E-state index is 14.2. The molecule has 1 saturated heterocycles. The van der Waals surface area contributed by atoms with Crippen molar-refractivity contribution in [3.63, 3.8) is 0 Å². The highest BCUT2D eigenvalue weighted by atomic mass is 35.5. The van der Waals surface area contributed by atoms with Crippen LogP contribution in [0.25, 0.3) is 0 Å². The molecule has 0 radical (unpaired) electrons. The van der Waals surface area contributed by atoms with E-state index in [0.717, 1.165) is 16.8 Å². The Morgan fingerprint density at radius 3 is 2.45 bits per heavy atom. The molecule has 0 spiro atoms. The number of methoxy groups -OCH3 is 2. The number of halogens is 2. The van der Waals surface area contributed by atoms with E-state index in [1.54, 1.807) is 31.4 Å². The van der Waals surface area contributed by atoms with Crippen LogP contribution in [0, 0.1) is 5.82 Å². The number of hydrazone groups is 1. The first-order valence-electron chi connectivity index (χ1n) is 12.6. The van der Waals surface area contributed by atoms with Gasteiger partial charge in [-0.3, -0.25) is 9.69 Å². The number of hydrogen-bond acceptors (Lipinski definition) is 6. The van der Waals surface area contributed by atoms with Gasteiger partial charge in [0.25, 0.3) is 5.91 Å². The Morgan fingerprint density at radius 1 is 1.00 bits per heavy atom. The van der Waals surface area contributed by atoms with E-state index in [1.165, 1.54) is 6.07 Å². The normalized spacial score (nSPS) is 17.9. The third kappa shape index (κ3) is 5.33. The first-order chi connectivity index (χ1) is 18.5. The highest BCUT2D eigenvalue weighted by Gasteiger charge is 2.36. The fraction of sp³-hybridized carbons (Fsp3) is 0.310. The van der Waals surface area contributed by atoms with Gasteiger partial charge < -0.3 is 14.4 Å². The van der Waals surface area contributed by atoms with Gasteiger partial charge in [-0.15, -0.1) is 0 Å². The average molecular weight is 537 g/mol. The SMILES string of the molecule is COc1ccc(C2=NN(C(=O)CN3CCN(c4ccccc4F)CC3)[C@H](c3ccccc3Cl)C2)c(OC)c1. The van der Waals surface area contributed by atoms with Crippen LogP contribution in [0.3, 0.4) is 0 Å². The number of rotatable bonds is 7. The van der Waals surface area contributed by atoms with E-state index in [1.807, 2.05) is 53.4 Å². The van der Waals surface area contributed by atoms with Crippen LogP contribution in [0.2, 0.25) is 5.02 Å². The summed E-state index contributed by atoms with van der Waals surface area (Å²) in [7, 11) is 3.20. The molecule has 1 fully saturated rings. The second kappa shape index (κ2) is 11.4. The molecule has 7 nitrogen and oxygen atoms in total. The molecule has 2 aliphatic rings. The van der Waals surface area contributed by atoms with Crippen LogP contribution in [0.1, 0.15) is 23.6 Å². The Morgan fingerprint density at radius 2 is 1.74 bits per heavy atom. The third-order valence-electron chi connectivity index (χ3n) is 7.07. The number of para-hydroxylation sites is 1. The van der Waals surface area contributed by atoms with Crippen molar-refractivity contribution in [2.45, 2.75) is 12.5 Å². The molecule has 5 rings (SSSR count). The van der Waals surface area contributed by atoms with Gasteiger partial charge in [-0.25, -0.2) is 9.40 Å². The summed E-state index contributed by atoms with van der Waals surface area (Å²) in [5, 5.41) is 6.94. The minimum atomic E-state index is -0.335. The number of nitrogens with zero attached hydrogens (tertiary/aromatic N) is 4. The molecule has 0 N–H and O–H groups in total. The average Bonchev–Trinajstić information content (AvgIpc) is 3.39. The Labute approximate surface area is 227 Å². The molecule has 38 heavy (non-hydrogen) atoms. The van der Waals surface area contributed by atoms with E-state index < -0.39 is 0 Å². The molecule has 2 aliphatic heterocycles. The van der Waals surface area contributed by atoms with Gasteiger partial charge >= 0.3 is 0 Å². The number of ether oxygens (including phenoxy) is 2. The molecular weight excluding hydrogens is 507 g/mol. The number of carbonyl (C=O) groups is 1. The molecule has 1 amide bonds. The molecule has 3 aromatic carbocycles. The van der Waals surface area contributed by atoms with Gasteiger partial charge in [0.2, 0.25) is 0 Å². The molecule has 0 aromatic heterocycles. The number of anilines is 1. The lowest BCUT2D eigenvalue weighted by atomic mass is 9.97. The molecule has 0 aliphatic carbocycles. The maximum Gasteiger partial charge on any atom is 0.257 e. The molecule has 2 heterocycles. The van der Waals surface area contributed by atoms with Crippen molar-refractivity contribution in [1.29, 1.82) is 0 Å². The lowest BCUT2D eigenvalue weighted by molar-refractivity contribution is -0.134. The fourth-order valence-electron chi connectivity index (χ4n) is 5.05. The van der Waals surface area contributed by atoms with E-state index in [-0.39, 0.29) is 24.3 Å². The second-order valence-corrected chi connectivity index (χ2v) is 9.71. The van der Waals surface area contributed by atoms with Crippen molar-refractivity contribution in [2.75, 3.05) is 51.8 Å². The van der Waals surface area contributed by atoms with Gasteiger partial charge in [0.15, 0.2) is 0 Å². The number of hydrogen-bond donors (Lipinski definition) is 0. The third-order valence-corrected chi connectivity index (χ3v) is 7.42. The molecule has 0 saturated carbocycles. The lowest BCUT2D eigenvalue weighted by Gasteiger charge is -2.36. The zero-order chi connectivity index (χ0) is 26.6. The van der Waals surface area contributed by atoms with Crippen LogP contribution in [0.15, 0.2) is 71.8 Å². The summed E-state index contributed by atoms with van der Waals surface area (Å²) in [6.45, 7) is 2.78. The van der Waals surface area contributed by atoms with E-state index in [2.05, 4.69) is 4.90 Å². The summed E-state index contributed by atoms with van der Waals surface area (Å²) in [6, 6.07) is 19.6. The molecule has 198 valence electrons. The minimum Gasteiger partial charge on any atom is -0.497 e. The van der Waals surface area contributed by atoms with Crippen molar-refractivity contribution in [1.82, 2.24) is 9.91 Å². The molecule has 0 bridgehead atoms. The van der Waals surface area contributed by atoms with E-state index >= 15 is 0 Å². The summed E-state index contributed by atoms with van der Waals surface area (Å²) < 4.78 is 25.2. The topological polar surface area (TPSA) is 57.6 Å². The van der Waals surface area contributed by atoms with E-state index in [9.17, 15) is 9.18 Å². The van der Waals surface area contributed by atoms with Gasteiger partial charge in [-0.2, -0.15) is 5.10 Å². The maximum absolute atomic E-state index is 14.2. The number of benzene rings is 3. The van der Waals surface area contributed by atoms with Crippen LogP contribution >= 0.6 is 11.6 Å². The van der Waals surface area contributed by atoms with Crippen LogP contribution in [0.4, 0.5) is 10.1 Å². The smallest absolute Gasteiger partial charge is 0.257 e. The van der Waals surface area contributed by atoms with E-state index in [4.69, 9.17) is 26.2 Å². The van der Waals surface area contributed by atoms with Crippen LogP contribution in [-0.2, 0) is 4.79 Å². The van der Waals surface area contributed by atoms with Crippen molar-refractivity contribution in [3.05, 3.63) is 88.7 Å². The Hall–Kier alpha value is -3.62. The lowest BCUT2D eigenvalue weighted by Crippen LogP contribution is -2.49. The van der Waals surface area contributed by atoms with Crippen LogP contribution in [-0.4, -0.2) is 68.5 Å². The number of piperazine rings is 1. The monoisotopic (exact) mass is 536 g/mol. The predicted molar refractivity (Wildman–Crippen MR) is 147 cm³/mol. The van der Waals surface area contributed by atoms with Crippen molar-refractivity contribution in [3.8, 4) is 11.5 Å². The van der Waals surface area contributed by atoms with Gasteiger partial charge in [0, 0.05) is 49.3 Å². The standard InChI is InChI=1S/C29H30ClFN4O3/c1-37-20-11-12-22(28(17-20)38-2)25-18-27(21-7-3-4-8-23(21)30)35(32-25)29(36)19-33-13-15-34(16-14-33)26-10-6-5-9-24(26)31/h3-12,17,27H,13-16,18-19H2,1-2H3/t27-/m0/s1. The molecule has 9 heteroatoms. The quantitative estimate of drug-likeness (QED) is 0.425. The van der Waals surface area contributed by atoms with Crippen molar-refractivity contribution in [2.24, 2.45) is 5.10 Å². The fourth-order valence-corrected chi connectivity index (χ4v) is 5.31. The zero-order valence-electron chi connectivity index (χ0n) is 21.4. The highest BCUT2D eigenvalue weighted by molar-refractivity contribution is 6.31. The molecular formula is C29H30ClFN4O3. The van der Waals surface area contributed by atoms with Gasteiger partial charge in [-0.1, -0.05) is 41.9 Å². The number of amides is 1. The largest absolute Gasteiger partial charge is 0.497 e. The molecule has 3 aromatic rings. The molecule has 0 unspecified atom stereocenters. The summed E-state index contributed by atoms with van der Waals surface area (Å²) in [5.41, 5.74) is 2.99.